The van der Waals surface area contributed by atoms with E-state index in [9.17, 15) is 9.18 Å². The van der Waals surface area contributed by atoms with Crippen LogP contribution in [0.15, 0.2) is 48.5 Å². The van der Waals surface area contributed by atoms with Crippen molar-refractivity contribution >= 4 is 5.91 Å². The number of benzene rings is 2. The smallest absolute Gasteiger partial charge is 0.254 e. The zero-order chi connectivity index (χ0) is 22.2. The maximum atomic E-state index is 13.7. The van der Waals surface area contributed by atoms with Crippen molar-refractivity contribution in [2.75, 3.05) is 53.9 Å². The van der Waals surface area contributed by atoms with Crippen molar-refractivity contribution in [2.24, 2.45) is 5.92 Å². The average Bonchev–Trinajstić information content (AvgIpc) is 2.76. The zero-order valence-electron chi connectivity index (χ0n) is 18.9. The number of hydrogen-bond donors (Lipinski definition) is 0. The van der Waals surface area contributed by atoms with Gasteiger partial charge in [-0.15, -0.1) is 0 Å². The summed E-state index contributed by atoms with van der Waals surface area (Å²) in [5.41, 5.74) is 1.60. The molecule has 0 N–H and O–H groups in total. The molecule has 5 nitrogen and oxygen atoms in total. The molecule has 1 heterocycles. The van der Waals surface area contributed by atoms with Gasteiger partial charge in [-0.25, -0.2) is 4.39 Å². The number of piperidine rings is 1. The van der Waals surface area contributed by atoms with Gasteiger partial charge in [-0.05, 0) is 63.7 Å². The van der Waals surface area contributed by atoms with E-state index in [1.54, 1.807) is 19.2 Å². The molecular weight excluding hydrogens is 393 g/mol. The number of halogens is 1. The van der Waals surface area contributed by atoms with Crippen molar-refractivity contribution in [3.05, 3.63) is 65.5 Å². The van der Waals surface area contributed by atoms with Crippen LogP contribution in [0.5, 0.6) is 5.75 Å². The van der Waals surface area contributed by atoms with Gasteiger partial charge in [-0.3, -0.25) is 9.69 Å². The fourth-order valence-corrected chi connectivity index (χ4v) is 4.23. The molecule has 2 aromatic rings. The minimum absolute atomic E-state index is 0.0943. The Labute approximate surface area is 185 Å². The molecule has 1 aliphatic rings. The van der Waals surface area contributed by atoms with Gasteiger partial charge in [-0.1, -0.05) is 24.3 Å². The Kier molecular flexibility index (Phi) is 8.43. The maximum absolute atomic E-state index is 13.7. The van der Waals surface area contributed by atoms with Crippen molar-refractivity contribution in [2.45, 2.75) is 19.4 Å². The predicted octanol–water partition coefficient (Wildman–Crippen LogP) is 3.75. The number of para-hydroxylation sites is 1. The summed E-state index contributed by atoms with van der Waals surface area (Å²) in [5, 5.41) is 0. The van der Waals surface area contributed by atoms with E-state index in [0.29, 0.717) is 24.6 Å². The molecule has 0 aromatic heterocycles. The van der Waals surface area contributed by atoms with Gasteiger partial charge in [0.1, 0.15) is 11.6 Å². The highest BCUT2D eigenvalue weighted by Crippen LogP contribution is 2.24. The summed E-state index contributed by atoms with van der Waals surface area (Å²) in [7, 11) is 5.71. The lowest BCUT2D eigenvalue weighted by atomic mass is 9.96. The summed E-state index contributed by atoms with van der Waals surface area (Å²) in [4.78, 5) is 19.6. The molecule has 6 heteroatoms. The summed E-state index contributed by atoms with van der Waals surface area (Å²) in [6.07, 6.45) is 2.20. The lowest BCUT2D eigenvalue weighted by Gasteiger charge is -2.36. The third-order valence-electron chi connectivity index (χ3n) is 5.84. The topological polar surface area (TPSA) is 36.0 Å². The van der Waals surface area contributed by atoms with Crippen molar-refractivity contribution in [1.82, 2.24) is 14.7 Å². The molecule has 0 spiro atoms. The molecule has 0 aliphatic carbocycles. The van der Waals surface area contributed by atoms with Crippen LogP contribution in [0, 0.1) is 11.7 Å². The number of carbonyl (C=O) groups is 1. The van der Waals surface area contributed by atoms with Gasteiger partial charge >= 0.3 is 0 Å². The van der Waals surface area contributed by atoms with Gasteiger partial charge in [-0.2, -0.15) is 0 Å². The van der Waals surface area contributed by atoms with Gasteiger partial charge < -0.3 is 14.5 Å². The average molecular weight is 428 g/mol. The van der Waals surface area contributed by atoms with E-state index in [1.807, 2.05) is 37.2 Å². The fraction of sp³-hybridized carbons (Fsp3) is 0.480. The van der Waals surface area contributed by atoms with Crippen molar-refractivity contribution < 1.29 is 13.9 Å². The summed E-state index contributed by atoms with van der Waals surface area (Å²) >= 11 is 0. The second-order valence-corrected chi connectivity index (χ2v) is 8.62. The number of likely N-dealkylation sites (N-methyl/N-ethyl adjacent to an activating group) is 1. The second kappa shape index (κ2) is 11.3. The SMILES string of the molecule is COc1ccccc1CN1CCCC(CN(CCN(C)C)C(=O)c2cccc(F)c2)C1. The van der Waals surface area contributed by atoms with Crippen LogP contribution >= 0.6 is 0 Å². The molecule has 1 atom stereocenters. The van der Waals surface area contributed by atoms with E-state index < -0.39 is 0 Å². The van der Waals surface area contributed by atoms with Gasteiger partial charge in [0.15, 0.2) is 0 Å². The Balaban J connectivity index is 1.67. The molecule has 1 aliphatic heterocycles. The number of rotatable bonds is 9. The van der Waals surface area contributed by atoms with Crippen molar-refractivity contribution in [1.29, 1.82) is 0 Å². The van der Waals surface area contributed by atoms with Crippen molar-refractivity contribution in [3.63, 3.8) is 0 Å². The van der Waals surface area contributed by atoms with Crippen LogP contribution in [0.25, 0.3) is 0 Å². The largest absolute Gasteiger partial charge is 0.496 e. The van der Waals surface area contributed by atoms with Crippen LogP contribution in [-0.4, -0.2) is 74.5 Å². The standard InChI is InChI=1S/C25H34FN3O2/c1-27(2)14-15-29(25(30)21-10-6-11-23(26)16-21)18-20-8-7-13-28(17-20)19-22-9-4-5-12-24(22)31-3/h4-6,9-12,16,20H,7-8,13-15,17-19H2,1-3H3. The van der Waals surface area contributed by atoms with Gasteiger partial charge in [0.05, 0.1) is 7.11 Å². The van der Waals surface area contributed by atoms with Crippen LogP contribution in [0.3, 0.4) is 0 Å². The molecule has 1 unspecified atom stereocenters. The predicted molar refractivity (Wildman–Crippen MR) is 122 cm³/mol. The van der Waals surface area contributed by atoms with E-state index in [2.05, 4.69) is 15.9 Å². The Morgan fingerprint density at radius 3 is 2.71 bits per heavy atom. The van der Waals surface area contributed by atoms with E-state index in [0.717, 1.165) is 44.8 Å². The highest BCUT2D eigenvalue weighted by molar-refractivity contribution is 5.94. The fourth-order valence-electron chi connectivity index (χ4n) is 4.23. The zero-order valence-corrected chi connectivity index (χ0v) is 18.9. The molecule has 3 rings (SSSR count). The number of carbonyl (C=O) groups excluding carboxylic acids is 1. The summed E-state index contributed by atoms with van der Waals surface area (Å²) in [6.45, 7) is 4.92. The van der Waals surface area contributed by atoms with E-state index in [4.69, 9.17) is 4.74 Å². The van der Waals surface area contributed by atoms with Crippen LogP contribution < -0.4 is 4.74 Å². The molecule has 1 amide bonds. The Bertz CT molecular complexity index is 858. The number of methoxy groups -OCH3 is 1. The summed E-state index contributed by atoms with van der Waals surface area (Å²) < 4.78 is 19.2. The molecule has 2 aromatic carbocycles. The van der Waals surface area contributed by atoms with Crippen LogP contribution in [-0.2, 0) is 6.54 Å². The highest BCUT2D eigenvalue weighted by Gasteiger charge is 2.25. The number of hydrogen-bond acceptors (Lipinski definition) is 4. The van der Waals surface area contributed by atoms with E-state index in [-0.39, 0.29) is 11.7 Å². The Hall–Kier alpha value is -2.44. The third-order valence-corrected chi connectivity index (χ3v) is 5.84. The number of likely N-dealkylation sites (tertiary alicyclic amines) is 1. The molecular formula is C25H34FN3O2. The molecule has 0 saturated carbocycles. The molecule has 1 saturated heterocycles. The van der Waals surface area contributed by atoms with Crippen molar-refractivity contribution in [3.8, 4) is 5.75 Å². The van der Waals surface area contributed by atoms with Gasteiger partial charge in [0, 0.05) is 43.9 Å². The third kappa shape index (κ3) is 6.77. The van der Waals surface area contributed by atoms with Crippen LogP contribution in [0.4, 0.5) is 4.39 Å². The highest BCUT2D eigenvalue weighted by atomic mass is 19.1. The minimum atomic E-state index is -0.376. The maximum Gasteiger partial charge on any atom is 0.254 e. The molecule has 0 radical (unpaired) electrons. The lowest BCUT2D eigenvalue weighted by molar-refractivity contribution is 0.0660. The van der Waals surface area contributed by atoms with Gasteiger partial charge in [0.25, 0.3) is 5.91 Å². The number of nitrogens with zero attached hydrogens (tertiary/aromatic N) is 3. The number of ether oxygens (including phenoxy) is 1. The first-order chi connectivity index (χ1) is 15.0. The lowest BCUT2D eigenvalue weighted by Crippen LogP contribution is -2.44. The van der Waals surface area contributed by atoms with Crippen LogP contribution in [0.2, 0.25) is 0 Å². The summed E-state index contributed by atoms with van der Waals surface area (Å²) in [6, 6.07) is 14.1. The first-order valence-corrected chi connectivity index (χ1v) is 11.0. The van der Waals surface area contributed by atoms with E-state index >= 15 is 0 Å². The summed E-state index contributed by atoms with van der Waals surface area (Å²) in [5.74, 6) is 0.837. The monoisotopic (exact) mass is 427 g/mol. The minimum Gasteiger partial charge on any atom is -0.496 e. The molecule has 0 bridgehead atoms. The van der Waals surface area contributed by atoms with Crippen LogP contribution in [0.1, 0.15) is 28.8 Å². The molecule has 168 valence electrons. The first kappa shape index (κ1) is 23.2. The normalized spacial score (nSPS) is 17.0. The second-order valence-electron chi connectivity index (χ2n) is 8.62. The number of amides is 1. The Morgan fingerprint density at radius 1 is 1.16 bits per heavy atom. The Morgan fingerprint density at radius 2 is 1.97 bits per heavy atom. The first-order valence-electron chi connectivity index (χ1n) is 11.0. The molecule has 31 heavy (non-hydrogen) atoms. The quantitative estimate of drug-likeness (QED) is 0.611. The molecule has 1 fully saturated rings. The van der Waals surface area contributed by atoms with Gasteiger partial charge in [0.2, 0.25) is 0 Å². The van der Waals surface area contributed by atoms with E-state index in [1.165, 1.54) is 17.7 Å².